The van der Waals surface area contributed by atoms with Crippen molar-refractivity contribution in [2.45, 2.75) is 51.6 Å². The second kappa shape index (κ2) is 8.59. The van der Waals surface area contributed by atoms with Crippen molar-refractivity contribution in [3.05, 3.63) is 74.7 Å². The lowest BCUT2D eigenvalue weighted by Crippen LogP contribution is -2.43. The van der Waals surface area contributed by atoms with E-state index in [0.717, 1.165) is 40.3 Å². The van der Waals surface area contributed by atoms with Gasteiger partial charge in [0.15, 0.2) is 0 Å². The highest BCUT2D eigenvalue weighted by Crippen LogP contribution is 2.31. The van der Waals surface area contributed by atoms with Gasteiger partial charge in [0.1, 0.15) is 17.1 Å². The molecule has 1 N–H and O–H groups in total. The molecule has 170 valence electrons. The SMILES string of the molecule is Cc1ccc(-n2c(=O)c3sc4ccccc4c3n(CC(=O)NC3CCCCC3)c2=O)cc1F. The highest BCUT2D eigenvalue weighted by Gasteiger charge is 2.22. The second-order valence-corrected chi connectivity index (χ2v) is 9.67. The van der Waals surface area contributed by atoms with Crippen molar-refractivity contribution in [2.75, 3.05) is 0 Å². The van der Waals surface area contributed by atoms with E-state index in [0.29, 0.717) is 15.8 Å². The summed E-state index contributed by atoms with van der Waals surface area (Å²) in [5, 5.41) is 3.80. The molecular weight excluding hydrogens is 441 g/mol. The van der Waals surface area contributed by atoms with E-state index < -0.39 is 17.1 Å². The molecule has 1 saturated carbocycles. The van der Waals surface area contributed by atoms with Crippen LogP contribution in [0.15, 0.2) is 52.1 Å². The molecule has 0 radical (unpaired) electrons. The first kappa shape index (κ1) is 21.6. The lowest BCUT2D eigenvalue weighted by Gasteiger charge is -2.23. The van der Waals surface area contributed by atoms with Crippen LogP contribution in [0.25, 0.3) is 26.0 Å². The molecule has 1 fully saturated rings. The van der Waals surface area contributed by atoms with Crippen LogP contribution < -0.4 is 16.6 Å². The number of carbonyl (C=O) groups is 1. The van der Waals surface area contributed by atoms with Crippen LogP contribution in [0.4, 0.5) is 4.39 Å². The van der Waals surface area contributed by atoms with Gasteiger partial charge in [0, 0.05) is 16.1 Å². The van der Waals surface area contributed by atoms with Gasteiger partial charge in [-0.3, -0.25) is 14.2 Å². The fourth-order valence-corrected chi connectivity index (χ4v) is 5.75. The van der Waals surface area contributed by atoms with Gasteiger partial charge in [-0.25, -0.2) is 13.8 Å². The predicted molar refractivity (Wildman–Crippen MR) is 129 cm³/mol. The number of halogens is 1. The minimum atomic E-state index is -0.655. The average molecular weight is 466 g/mol. The molecule has 33 heavy (non-hydrogen) atoms. The van der Waals surface area contributed by atoms with Gasteiger partial charge in [-0.15, -0.1) is 11.3 Å². The van der Waals surface area contributed by atoms with Crippen LogP contribution in [0.3, 0.4) is 0 Å². The highest BCUT2D eigenvalue weighted by molar-refractivity contribution is 7.25. The summed E-state index contributed by atoms with van der Waals surface area (Å²) in [4.78, 5) is 40.0. The first-order valence-corrected chi connectivity index (χ1v) is 12.0. The van der Waals surface area contributed by atoms with Gasteiger partial charge in [-0.1, -0.05) is 43.5 Å². The van der Waals surface area contributed by atoms with Crippen LogP contribution in [0, 0.1) is 12.7 Å². The molecule has 2 aromatic heterocycles. The maximum Gasteiger partial charge on any atom is 0.336 e. The van der Waals surface area contributed by atoms with Crippen LogP contribution in [-0.4, -0.2) is 21.1 Å². The largest absolute Gasteiger partial charge is 0.352 e. The van der Waals surface area contributed by atoms with Gasteiger partial charge in [0.25, 0.3) is 5.56 Å². The second-order valence-electron chi connectivity index (χ2n) is 8.62. The van der Waals surface area contributed by atoms with Crippen molar-refractivity contribution in [1.82, 2.24) is 14.5 Å². The molecule has 1 amide bonds. The van der Waals surface area contributed by atoms with E-state index in [2.05, 4.69) is 5.32 Å². The Morgan fingerprint density at radius 3 is 2.64 bits per heavy atom. The number of aryl methyl sites for hydroxylation is 1. The molecule has 0 saturated heterocycles. The average Bonchev–Trinajstić information content (AvgIpc) is 3.20. The third-order valence-corrected chi connectivity index (χ3v) is 7.49. The number of fused-ring (bicyclic) bond motifs is 3. The number of hydrogen-bond acceptors (Lipinski definition) is 4. The minimum absolute atomic E-state index is 0.105. The molecule has 2 aromatic carbocycles. The molecule has 2 heterocycles. The topological polar surface area (TPSA) is 73.1 Å². The standard InChI is InChI=1S/C25H24FN3O3S/c1-15-11-12-17(13-19(15)26)29-24(31)23-22(18-9-5-6-10-20(18)33-23)28(25(29)32)14-21(30)27-16-7-3-2-4-8-16/h5-6,9-13,16H,2-4,7-8,14H2,1H3,(H,27,30). The highest BCUT2D eigenvalue weighted by atomic mass is 32.1. The normalized spacial score (nSPS) is 14.7. The monoisotopic (exact) mass is 465 g/mol. The van der Waals surface area contributed by atoms with Crippen molar-refractivity contribution in [2.24, 2.45) is 0 Å². The first-order chi connectivity index (χ1) is 15.9. The number of aromatic nitrogens is 2. The van der Waals surface area contributed by atoms with Crippen LogP contribution >= 0.6 is 11.3 Å². The molecule has 8 heteroatoms. The summed E-state index contributed by atoms with van der Waals surface area (Å²) < 4.78 is 17.8. The molecule has 1 aliphatic rings. The van der Waals surface area contributed by atoms with Crippen LogP contribution in [0.2, 0.25) is 0 Å². The molecule has 0 spiro atoms. The zero-order valence-corrected chi connectivity index (χ0v) is 19.1. The van der Waals surface area contributed by atoms with Gasteiger partial charge in [-0.2, -0.15) is 0 Å². The summed E-state index contributed by atoms with van der Waals surface area (Å²) >= 11 is 1.27. The van der Waals surface area contributed by atoms with Crippen molar-refractivity contribution in [3.63, 3.8) is 0 Å². The lowest BCUT2D eigenvalue weighted by atomic mass is 9.95. The predicted octanol–water partition coefficient (Wildman–Crippen LogP) is 4.26. The van der Waals surface area contributed by atoms with Crippen LogP contribution in [0.5, 0.6) is 0 Å². The van der Waals surface area contributed by atoms with Crippen LogP contribution in [-0.2, 0) is 11.3 Å². The van der Waals surface area contributed by atoms with Crippen molar-refractivity contribution >= 4 is 37.5 Å². The molecule has 6 nitrogen and oxygen atoms in total. The Hall–Kier alpha value is -3.26. The van der Waals surface area contributed by atoms with Crippen molar-refractivity contribution in [1.29, 1.82) is 0 Å². The Kier molecular flexibility index (Phi) is 5.62. The quantitative estimate of drug-likeness (QED) is 0.489. The summed E-state index contributed by atoms with van der Waals surface area (Å²) in [5.74, 6) is -0.766. The number of amides is 1. The van der Waals surface area contributed by atoms with E-state index in [4.69, 9.17) is 0 Å². The Morgan fingerprint density at radius 2 is 1.88 bits per heavy atom. The smallest absolute Gasteiger partial charge is 0.336 e. The summed E-state index contributed by atoms with van der Waals surface area (Å²) in [5.41, 5.74) is -0.148. The maximum atomic E-state index is 14.3. The molecular formula is C25H24FN3O3S. The van der Waals surface area contributed by atoms with E-state index >= 15 is 0 Å². The molecule has 1 aliphatic carbocycles. The molecule has 5 rings (SSSR count). The number of thiophene rings is 1. The van der Waals surface area contributed by atoms with Gasteiger partial charge >= 0.3 is 5.69 Å². The Balaban J connectivity index is 1.70. The summed E-state index contributed by atoms with van der Waals surface area (Å²) in [6, 6.07) is 11.8. The van der Waals surface area contributed by atoms with E-state index in [1.165, 1.54) is 34.5 Å². The fraction of sp³-hybridized carbons (Fsp3) is 0.320. The number of nitrogens with zero attached hydrogens (tertiary/aromatic N) is 2. The number of rotatable bonds is 4. The first-order valence-electron chi connectivity index (χ1n) is 11.2. The molecule has 4 aromatic rings. The van der Waals surface area contributed by atoms with Crippen molar-refractivity contribution in [3.8, 4) is 5.69 Å². The maximum absolute atomic E-state index is 14.3. The summed E-state index contributed by atoms with van der Waals surface area (Å²) in [6.07, 6.45) is 5.19. The number of carbonyl (C=O) groups excluding carboxylic acids is 1. The van der Waals surface area contributed by atoms with Gasteiger partial charge in [-0.05, 0) is 43.5 Å². The summed E-state index contributed by atoms with van der Waals surface area (Å²) in [6.45, 7) is 1.41. The number of hydrogen-bond donors (Lipinski definition) is 1. The lowest BCUT2D eigenvalue weighted by molar-refractivity contribution is -0.122. The molecule has 0 bridgehead atoms. The van der Waals surface area contributed by atoms with E-state index in [1.807, 2.05) is 24.3 Å². The number of nitrogens with one attached hydrogen (secondary N) is 1. The molecule has 0 aliphatic heterocycles. The van der Waals surface area contributed by atoms with E-state index in [1.54, 1.807) is 13.0 Å². The van der Waals surface area contributed by atoms with Gasteiger partial charge in [0.2, 0.25) is 5.91 Å². The minimum Gasteiger partial charge on any atom is -0.352 e. The third kappa shape index (κ3) is 3.88. The zero-order chi connectivity index (χ0) is 23.1. The van der Waals surface area contributed by atoms with Gasteiger partial charge < -0.3 is 5.32 Å². The van der Waals surface area contributed by atoms with Crippen LogP contribution in [0.1, 0.15) is 37.7 Å². The van der Waals surface area contributed by atoms with Gasteiger partial charge in [0.05, 0.1) is 11.2 Å². The number of benzene rings is 2. The van der Waals surface area contributed by atoms with E-state index in [9.17, 15) is 18.8 Å². The summed E-state index contributed by atoms with van der Waals surface area (Å²) in [7, 11) is 0. The Morgan fingerprint density at radius 1 is 1.12 bits per heavy atom. The van der Waals surface area contributed by atoms with E-state index in [-0.39, 0.29) is 24.2 Å². The fourth-order valence-electron chi connectivity index (χ4n) is 4.61. The van der Waals surface area contributed by atoms with Crippen molar-refractivity contribution < 1.29 is 9.18 Å². The molecule has 0 unspecified atom stereocenters. The Bertz CT molecular complexity index is 1490. The third-order valence-electron chi connectivity index (χ3n) is 6.34. The molecule has 0 atom stereocenters. The zero-order valence-electron chi connectivity index (χ0n) is 18.3. The Labute approximate surface area is 193 Å².